The van der Waals surface area contributed by atoms with Crippen molar-refractivity contribution in [1.29, 1.82) is 0 Å². The summed E-state index contributed by atoms with van der Waals surface area (Å²) >= 11 is 0. The third-order valence-electron chi connectivity index (χ3n) is 3.95. The lowest BCUT2D eigenvalue weighted by Crippen LogP contribution is -2.38. The number of aromatic amines is 1. The molecule has 1 aromatic carbocycles. The van der Waals surface area contributed by atoms with E-state index in [0.717, 1.165) is 23.7 Å². The van der Waals surface area contributed by atoms with Gasteiger partial charge < -0.3 is 15.0 Å². The molecule has 1 unspecified atom stereocenters. The predicted molar refractivity (Wildman–Crippen MR) is 78.9 cm³/mol. The van der Waals surface area contributed by atoms with Gasteiger partial charge in [0.15, 0.2) is 0 Å². The zero-order valence-electron chi connectivity index (χ0n) is 11.9. The highest BCUT2D eigenvalue weighted by Gasteiger charge is 2.34. The van der Waals surface area contributed by atoms with E-state index in [-0.39, 0.29) is 24.3 Å². The molecule has 3 rings (SSSR count). The lowest BCUT2D eigenvalue weighted by Gasteiger charge is -2.17. The van der Waals surface area contributed by atoms with Gasteiger partial charge in [-0.05, 0) is 30.9 Å². The Morgan fingerprint density at radius 2 is 2.19 bits per heavy atom. The first kappa shape index (κ1) is 13.7. The Kier molecular flexibility index (Phi) is 3.64. The van der Waals surface area contributed by atoms with Crippen molar-refractivity contribution in [2.45, 2.75) is 25.3 Å². The van der Waals surface area contributed by atoms with Gasteiger partial charge in [-0.25, -0.2) is 0 Å². The molecule has 2 N–H and O–H groups in total. The number of H-pyrrole nitrogens is 1. The average Bonchev–Trinajstić information content (AvgIpc) is 3.22. The van der Waals surface area contributed by atoms with Crippen molar-refractivity contribution in [2.24, 2.45) is 5.92 Å². The van der Waals surface area contributed by atoms with Gasteiger partial charge in [-0.2, -0.15) is 0 Å². The molecule has 1 heterocycles. The molecule has 1 saturated carbocycles. The molecule has 0 spiro atoms. The van der Waals surface area contributed by atoms with Crippen LogP contribution in [0.2, 0.25) is 0 Å². The molecular formula is C16H18N2O3. The Morgan fingerprint density at radius 3 is 2.90 bits per heavy atom. The highest BCUT2D eigenvalue weighted by atomic mass is 16.5. The van der Waals surface area contributed by atoms with Gasteiger partial charge in [0.1, 0.15) is 0 Å². The van der Waals surface area contributed by atoms with E-state index >= 15 is 0 Å². The molecule has 1 amide bonds. The maximum atomic E-state index is 12.5. The van der Waals surface area contributed by atoms with Crippen molar-refractivity contribution in [3.8, 4) is 0 Å². The van der Waals surface area contributed by atoms with Gasteiger partial charge in [-0.3, -0.25) is 9.59 Å². The molecule has 0 bridgehead atoms. The lowest BCUT2D eigenvalue weighted by atomic mass is 10.1. The number of rotatable bonds is 5. The largest absolute Gasteiger partial charge is 0.469 e. The van der Waals surface area contributed by atoms with Gasteiger partial charge in [0.25, 0.3) is 5.91 Å². The molecule has 110 valence electrons. The number of carbonyl (C=O) groups excluding carboxylic acids is 2. The molecule has 5 heteroatoms. The minimum absolute atomic E-state index is 0.143. The lowest BCUT2D eigenvalue weighted by molar-refractivity contribution is -0.141. The van der Waals surface area contributed by atoms with Gasteiger partial charge >= 0.3 is 5.97 Å². The fourth-order valence-corrected chi connectivity index (χ4v) is 2.62. The van der Waals surface area contributed by atoms with E-state index in [1.165, 1.54) is 7.11 Å². The van der Waals surface area contributed by atoms with Gasteiger partial charge in [-0.15, -0.1) is 0 Å². The number of methoxy groups -OCH3 is 1. The summed E-state index contributed by atoms with van der Waals surface area (Å²) in [5.41, 5.74) is 1.43. The Balaban J connectivity index is 1.78. The molecule has 1 aliphatic rings. The highest BCUT2D eigenvalue weighted by Crippen LogP contribution is 2.34. The van der Waals surface area contributed by atoms with Crippen LogP contribution in [-0.4, -0.2) is 30.0 Å². The first-order valence-corrected chi connectivity index (χ1v) is 7.13. The third-order valence-corrected chi connectivity index (χ3v) is 3.95. The second kappa shape index (κ2) is 5.60. The topological polar surface area (TPSA) is 71.2 Å². The molecular weight excluding hydrogens is 268 g/mol. The van der Waals surface area contributed by atoms with E-state index in [1.807, 2.05) is 24.4 Å². The number of amides is 1. The zero-order chi connectivity index (χ0) is 14.8. The number of fused-ring (bicyclic) bond motifs is 1. The summed E-state index contributed by atoms with van der Waals surface area (Å²) in [6, 6.07) is 7.39. The standard InChI is InChI=1S/C16H18N2O3/c1-21-14(19)9-13(10-5-6-10)18-16(20)12-4-2-3-11-7-8-17-15(11)12/h2-4,7-8,10,13,17H,5-6,9H2,1H3,(H,18,20). The normalized spacial score (nSPS) is 15.7. The quantitative estimate of drug-likeness (QED) is 0.828. The monoisotopic (exact) mass is 286 g/mol. The molecule has 5 nitrogen and oxygen atoms in total. The fourth-order valence-electron chi connectivity index (χ4n) is 2.62. The summed E-state index contributed by atoms with van der Waals surface area (Å²) in [5, 5.41) is 3.98. The molecule has 1 aromatic heterocycles. The van der Waals surface area contributed by atoms with Crippen LogP contribution in [0.5, 0.6) is 0 Å². The van der Waals surface area contributed by atoms with E-state index < -0.39 is 0 Å². The SMILES string of the molecule is COC(=O)CC(NC(=O)c1cccc2cc[nH]c12)C1CC1. The number of carbonyl (C=O) groups is 2. The first-order valence-electron chi connectivity index (χ1n) is 7.13. The van der Waals surface area contributed by atoms with Crippen LogP contribution < -0.4 is 5.32 Å². The maximum absolute atomic E-state index is 12.5. The number of hydrogen-bond acceptors (Lipinski definition) is 3. The van der Waals surface area contributed by atoms with E-state index in [2.05, 4.69) is 10.3 Å². The van der Waals surface area contributed by atoms with Gasteiger partial charge in [0, 0.05) is 17.6 Å². The predicted octanol–water partition coefficient (Wildman–Crippen LogP) is 2.24. The summed E-state index contributed by atoms with van der Waals surface area (Å²) in [6.07, 6.45) is 4.14. The molecule has 2 aromatic rings. The van der Waals surface area contributed by atoms with Crippen molar-refractivity contribution in [3.05, 3.63) is 36.0 Å². The summed E-state index contributed by atoms with van der Waals surface area (Å²) in [4.78, 5) is 27.0. The minimum Gasteiger partial charge on any atom is -0.469 e. The molecule has 0 saturated heterocycles. The molecule has 1 fully saturated rings. The van der Waals surface area contributed by atoms with Gasteiger partial charge in [-0.1, -0.05) is 12.1 Å². The van der Waals surface area contributed by atoms with Crippen LogP contribution in [0, 0.1) is 5.92 Å². The Morgan fingerprint density at radius 1 is 1.38 bits per heavy atom. The van der Waals surface area contributed by atoms with Crippen molar-refractivity contribution < 1.29 is 14.3 Å². The number of benzene rings is 1. The Bertz CT molecular complexity index is 673. The number of para-hydroxylation sites is 1. The average molecular weight is 286 g/mol. The molecule has 21 heavy (non-hydrogen) atoms. The Hall–Kier alpha value is -2.30. The Labute approximate surface area is 122 Å². The number of hydrogen-bond donors (Lipinski definition) is 2. The van der Waals surface area contributed by atoms with Crippen LogP contribution in [0.1, 0.15) is 29.6 Å². The minimum atomic E-state index is -0.287. The summed E-state index contributed by atoms with van der Waals surface area (Å²) in [7, 11) is 1.37. The molecule has 1 aliphatic carbocycles. The van der Waals surface area contributed by atoms with Gasteiger partial charge in [0.2, 0.25) is 0 Å². The van der Waals surface area contributed by atoms with E-state index in [1.54, 1.807) is 6.07 Å². The van der Waals surface area contributed by atoms with E-state index in [4.69, 9.17) is 4.74 Å². The molecule has 0 aliphatic heterocycles. The van der Waals surface area contributed by atoms with Crippen molar-refractivity contribution in [2.75, 3.05) is 7.11 Å². The fraction of sp³-hybridized carbons (Fsp3) is 0.375. The number of esters is 1. The van der Waals surface area contributed by atoms with Crippen molar-refractivity contribution >= 4 is 22.8 Å². The van der Waals surface area contributed by atoms with Crippen LogP contribution in [0.25, 0.3) is 10.9 Å². The van der Waals surface area contributed by atoms with Crippen LogP contribution in [0.3, 0.4) is 0 Å². The van der Waals surface area contributed by atoms with Crippen molar-refractivity contribution in [1.82, 2.24) is 10.3 Å². The van der Waals surface area contributed by atoms with Crippen molar-refractivity contribution in [3.63, 3.8) is 0 Å². The van der Waals surface area contributed by atoms with Crippen LogP contribution >= 0.6 is 0 Å². The maximum Gasteiger partial charge on any atom is 0.307 e. The number of ether oxygens (including phenoxy) is 1. The van der Waals surface area contributed by atoms with Gasteiger partial charge in [0.05, 0.1) is 24.6 Å². The van der Waals surface area contributed by atoms with E-state index in [0.29, 0.717) is 11.5 Å². The summed E-state index contributed by atoms with van der Waals surface area (Å²) < 4.78 is 4.71. The number of nitrogens with one attached hydrogen (secondary N) is 2. The van der Waals surface area contributed by atoms with Crippen LogP contribution in [-0.2, 0) is 9.53 Å². The first-order chi connectivity index (χ1) is 10.2. The zero-order valence-corrected chi connectivity index (χ0v) is 11.9. The molecule has 1 atom stereocenters. The second-order valence-electron chi connectivity index (χ2n) is 5.45. The smallest absolute Gasteiger partial charge is 0.307 e. The summed E-state index contributed by atoms with van der Waals surface area (Å²) in [6.45, 7) is 0. The highest BCUT2D eigenvalue weighted by molar-refractivity contribution is 6.05. The van der Waals surface area contributed by atoms with E-state index in [9.17, 15) is 9.59 Å². The third kappa shape index (κ3) is 2.91. The second-order valence-corrected chi connectivity index (χ2v) is 5.45. The van der Waals surface area contributed by atoms with Crippen LogP contribution in [0.15, 0.2) is 30.5 Å². The molecule has 0 radical (unpaired) electrons. The number of aromatic nitrogens is 1. The summed E-state index contributed by atoms with van der Waals surface area (Å²) in [5.74, 6) is -0.0509. The van der Waals surface area contributed by atoms with Crippen LogP contribution in [0.4, 0.5) is 0 Å².